The molecule has 1 aromatic rings. The monoisotopic (exact) mass is 272 g/mol. The Hall–Kier alpha value is -1.11. The third-order valence-electron chi connectivity index (χ3n) is 2.35. The number of aliphatic hydroxyl groups excluding tert-OH is 1. The van der Waals surface area contributed by atoms with Crippen molar-refractivity contribution < 1.29 is 13.5 Å². The maximum Gasteiger partial charge on any atom is 0.234 e. The Bertz CT molecular complexity index is 459. The molecule has 0 aliphatic heterocycles. The van der Waals surface area contributed by atoms with Gasteiger partial charge in [-0.2, -0.15) is 0 Å². The Morgan fingerprint density at radius 3 is 2.28 bits per heavy atom. The summed E-state index contributed by atoms with van der Waals surface area (Å²) in [5, 5.41) is 13.0. The molecule has 0 radical (unpaired) electrons. The Kier molecular flexibility index (Phi) is 5.13. The molecule has 2 N–H and O–H groups in total. The van der Waals surface area contributed by atoms with Gasteiger partial charge in [-0.15, -0.1) is 0 Å². The van der Waals surface area contributed by atoms with E-state index in [-0.39, 0.29) is 12.6 Å². The highest BCUT2D eigenvalue weighted by molar-refractivity contribution is 7.92. The molecule has 0 aromatic heterocycles. The van der Waals surface area contributed by atoms with Crippen molar-refractivity contribution >= 4 is 15.7 Å². The van der Waals surface area contributed by atoms with Gasteiger partial charge in [0.05, 0.1) is 11.9 Å². The Morgan fingerprint density at radius 1 is 1.28 bits per heavy atom. The first-order valence-electron chi connectivity index (χ1n) is 5.78. The zero-order chi connectivity index (χ0) is 13.8. The molecule has 0 bridgehead atoms. The van der Waals surface area contributed by atoms with Gasteiger partial charge in [-0.1, -0.05) is 32.0 Å². The summed E-state index contributed by atoms with van der Waals surface area (Å²) in [6.07, 6.45) is -0.0386. The molecule has 0 aliphatic rings. The van der Waals surface area contributed by atoms with Crippen molar-refractivity contribution in [3.05, 3.63) is 30.3 Å². The van der Waals surface area contributed by atoms with E-state index >= 15 is 0 Å². The molecule has 1 rings (SSSR count). The van der Waals surface area contributed by atoms with E-state index in [1.165, 1.54) is 0 Å². The van der Waals surface area contributed by atoms with Crippen LogP contribution in [0.2, 0.25) is 0 Å². The number of anilines is 1. The average Bonchev–Trinajstić information content (AvgIpc) is 2.26. The molecule has 0 fully saturated rings. The van der Waals surface area contributed by atoms with Crippen molar-refractivity contribution in [2.75, 3.05) is 17.1 Å². The van der Waals surface area contributed by atoms with E-state index in [0.717, 1.165) is 10.6 Å². The number of sulfonamides is 1. The van der Waals surface area contributed by atoms with Crippen LogP contribution in [-0.2, 0) is 10.0 Å². The van der Waals surface area contributed by atoms with Gasteiger partial charge < -0.3 is 10.4 Å². The molecule has 0 spiro atoms. The quantitative estimate of drug-likeness (QED) is 0.751. The van der Waals surface area contributed by atoms with E-state index in [1.54, 1.807) is 30.3 Å². The predicted molar refractivity (Wildman–Crippen MR) is 72.9 cm³/mol. The summed E-state index contributed by atoms with van der Waals surface area (Å²) in [6.45, 7) is 4.04. The minimum Gasteiger partial charge on any atom is -0.371 e. The fourth-order valence-electron chi connectivity index (χ4n) is 1.58. The molecular formula is C12H20N2O3S. The second-order valence-corrected chi connectivity index (χ2v) is 6.30. The maximum absolute atomic E-state index is 11.8. The van der Waals surface area contributed by atoms with Crippen LogP contribution in [0.5, 0.6) is 0 Å². The summed E-state index contributed by atoms with van der Waals surface area (Å²) in [4.78, 5) is 0. The van der Waals surface area contributed by atoms with Crippen LogP contribution in [-0.4, -0.2) is 38.6 Å². The number of aliphatic hydroxyl groups is 1. The van der Waals surface area contributed by atoms with Gasteiger partial charge in [0.15, 0.2) is 6.23 Å². The summed E-state index contributed by atoms with van der Waals surface area (Å²) >= 11 is 0. The molecule has 1 atom stereocenters. The van der Waals surface area contributed by atoms with Crippen molar-refractivity contribution in [2.45, 2.75) is 26.1 Å². The van der Waals surface area contributed by atoms with E-state index < -0.39 is 16.3 Å². The van der Waals surface area contributed by atoms with Gasteiger partial charge in [-0.05, 0) is 12.1 Å². The highest BCUT2D eigenvalue weighted by Gasteiger charge is 2.24. The second kappa shape index (κ2) is 6.17. The normalized spacial score (nSPS) is 13.6. The third-order valence-corrected chi connectivity index (χ3v) is 3.52. The fourth-order valence-corrected chi connectivity index (χ4v) is 2.60. The van der Waals surface area contributed by atoms with Crippen molar-refractivity contribution in [1.82, 2.24) is 5.32 Å². The first-order chi connectivity index (χ1) is 8.32. The lowest BCUT2D eigenvalue weighted by Crippen LogP contribution is -2.46. The molecule has 5 nitrogen and oxygen atoms in total. The second-order valence-electron chi connectivity index (χ2n) is 4.44. The highest BCUT2D eigenvalue weighted by atomic mass is 32.2. The van der Waals surface area contributed by atoms with Gasteiger partial charge >= 0.3 is 0 Å². The van der Waals surface area contributed by atoms with Crippen LogP contribution in [0.15, 0.2) is 30.3 Å². The smallest absolute Gasteiger partial charge is 0.234 e. The average molecular weight is 272 g/mol. The number of para-hydroxylation sites is 1. The molecule has 0 amide bonds. The number of nitrogens with zero attached hydrogens (tertiary/aromatic N) is 1. The van der Waals surface area contributed by atoms with E-state index in [4.69, 9.17) is 0 Å². The van der Waals surface area contributed by atoms with Crippen molar-refractivity contribution in [2.24, 2.45) is 0 Å². The van der Waals surface area contributed by atoms with E-state index in [1.807, 2.05) is 13.8 Å². The van der Waals surface area contributed by atoms with Gasteiger partial charge in [-0.25, -0.2) is 12.7 Å². The summed E-state index contributed by atoms with van der Waals surface area (Å²) in [6, 6.07) is 8.74. The lowest BCUT2D eigenvalue weighted by atomic mass is 10.3. The van der Waals surface area contributed by atoms with Crippen molar-refractivity contribution in [3.8, 4) is 0 Å². The molecule has 102 valence electrons. The zero-order valence-corrected chi connectivity index (χ0v) is 11.7. The molecular weight excluding hydrogens is 252 g/mol. The molecule has 0 saturated carbocycles. The van der Waals surface area contributed by atoms with Crippen LogP contribution in [0.25, 0.3) is 0 Å². The van der Waals surface area contributed by atoms with Crippen LogP contribution < -0.4 is 9.62 Å². The summed E-state index contributed by atoms with van der Waals surface area (Å²) in [5.74, 6) is 0. The van der Waals surface area contributed by atoms with Crippen LogP contribution in [0.3, 0.4) is 0 Å². The molecule has 0 heterocycles. The Balaban J connectivity index is 2.94. The number of nitrogens with one attached hydrogen (secondary N) is 1. The fraction of sp³-hybridized carbons (Fsp3) is 0.500. The summed E-state index contributed by atoms with van der Waals surface area (Å²) < 4.78 is 24.5. The zero-order valence-electron chi connectivity index (χ0n) is 10.9. The van der Waals surface area contributed by atoms with Crippen LogP contribution in [0.4, 0.5) is 5.69 Å². The highest BCUT2D eigenvalue weighted by Crippen LogP contribution is 2.18. The van der Waals surface area contributed by atoms with E-state index in [9.17, 15) is 13.5 Å². The molecule has 1 aromatic carbocycles. The number of rotatable bonds is 6. The Labute approximate surface area is 108 Å². The number of hydrogen-bond donors (Lipinski definition) is 2. The van der Waals surface area contributed by atoms with Crippen LogP contribution in [0, 0.1) is 0 Å². The predicted octanol–water partition coefficient (Wildman–Crippen LogP) is 0.769. The van der Waals surface area contributed by atoms with E-state index in [0.29, 0.717) is 5.69 Å². The minimum atomic E-state index is -3.52. The first-order valence-corrected chi connectivity index (χ1v) is 7.63. The number of benzene rings is 1. The van der Waals surface area contributed by atoms with Gasteiger partial charge in [-0.3, -0.25) is 0 Å². The van der Waals surface area contributed by atoms with Gasteiger partial charge in [0, 0.05) is 12.6 Å². The topological polar surface area (TPSA) is 69.6 Å². The molecule has 0 saturated heterocycles. The minimum absolute atomic E-state index is 0.178. The van der Waals surface area contributed by atoms with Crippen molar-refractivity contribution in [3.63, 3.8) is 0 Å². The Morgan fingerprint density at radius 2 is 1.83 bits per heavy atom. The lowest BCUT2D eigenvalue weighted by molar-refractivity contribution is 0.180. The largest absolute Gasteiger partial charge is 0.371 e. The molecule has 1 unspecified atom stereocenters. The van der Waals surface area contributed by atoms with Gasteiger partial charge in [0.2, 0.25) is 10.0 Å². The van der Waals surface area contributed by atoms with Crippen LogP contribution >= 0.6 is 0 Å². The molecule has 6 heteroatoms. The maximum atomic E-state index is 11.8. The number of hydrogen-bond acceptors (Lipinski definition) is 4. The molecule has 18 heavy (non-hydrogen) atoms. The van der Waals surface area contributed by atoms with Crippen LogP contribution in [0.1, 0.15) is 13.8 Å². The first kappa shape index (κ1) is 14.9. The van der Waals surface area contributed by atoms with Crippen molar-refractivity contribution in [1.29, 1.82) is 0 Å². The summed E-state index contributed by atoms with van der Waals surface area (Å²) in [7, 11) is -3.52. The molecule has 0 aliphatic carbocycles. The van der Waals surface area contributed by atoms with Gasteiger partial charge in [0.1, 0.15) is 0 Å². The summed E-state index contributed by atoms with van der Waals surface area (Å²) in [5.41, 5.74) is 0.457. The van der Waals surface area contributed by atoms with E-state index in [2.05, 4.69) is 5.32 Å². The SMILES string of the molecule is CC(C)NCC(O)N(c1ccccc1)S(C)(=O)=O. The third kappa shape index (κ3) is 4.29. The lowest BCUT2D eigenvalue weighted by Gasteiger charge is -2.28. The standard InChI is InChI=1S/C12H20N2O3S/c1-10(2)13-9-12(15)14(18(3,16)17)11-7-5-4-6-8-11/h4-8,10,12-13,15H,9H2,1-3H3. The van der Waals surface area contributed by atoms with Gasteiger partial charge in [0.25, 0.3) is 0 Å².